The Bertz CT molecular complexity index is 1030. The minimum absolute atomic E-state index is 0.0419. The fourth-order valence-electron chi connectivity index (χ4n) is 4.92. The summed E-state index contributed by atoms with van der Waals surface area (Å²) in [5.41, 5.74) is 1.28. The number of thiazole rings is 1. The molecule has 0 saturated heterocycles. The molecule has 0 radical (unpaired) electrons. The number of Topliss-reactive ketones (excluding diaryl/α,β-unsaturated/α-hetero) is 1. The Balaban J connectivity index is 1.64. The van der Waals surface area contributed by atoms with Gasteiger partial charge in [-0.3, -0.25) is 14.5 Å². The van der Waals surface area contributed by atoms with Crippen LogP contribution in [-0.4, -0.2) is 29.9 Å². The van der Waals surface area contributed by atoms with E-state index < -0.39 is 6.04 Å². The van der Waals surface area contributed by atoms with Crippen LogP contribution in [0.25, 0.3) is 0 Å². The number of hydrogen-bond donors (Lipinski definition) is 0. The van der Waals surface area contributed by atoms with Crippen LogP contribution in [-0.2, 0) is 14.3 Å². The normalized spacial score (nSPS) is 30.8. The van der Waals surface area contributed by atoms with Crippen LogP contribution in [0.2, 0.25) is 0 Å². The number of nitrogens with zero attached hydrogens (tertiary/aromatic N) is 2. The summed E-state index contributed by atoms with van der Waals surface area (Å²) < 4.78 is 11.7. The van der Waals surface area contributed by atoms with Gasteiger partial charge in [-0.2, -0.15) is 0 Å². The first-order valence-electron chi connectivity index (χ1n) is 10.3. The molecule has 3 aliphatic rings. The number of hydrogen-bond acceptors (Lipinski definition) is 6. The summed E-state index contributed by atoms with van der Waals surface area (Å²) in [6.45, 7) is 4.38. The smallest absolute Gasteiger partial charge is 0.296 e. The van der Waals surface area contributed by atoms with E-state index >= 15 is 0 Å². The lowest BCUT2D eigenvalue weighted by Crippen LogP contribution is -2.43. The lowest BCUT2D eigenvalue weighted by atomic mass is 9.70. The monoisotopic (exact) mass is 424 g/mol. The summed E-state index contributed by atoms with van der Waals surface area (Å²) in [5.74, 6) is 1.34. The third-order valence-electron chi connectivity index (χ3n) is 6.75. The second-order valence-corrected chi connectivity index (χ2v) is 9.34. The Labute approximate surface area is 179 Å². The molecule has 6 nitrogen and oxygen atoms in total. The number of ketones is 1. The lowest BCUT2D eigenvalue weighted by Gasteiger charge is -2.40. The second-order valence-electron chi connectivity index (χ2n) is 8.46. The molecule has 3 heterocycles. The summed E-state index contributed by atoms with van der Waals surface area (Å²) in [7, 11) is 1.60. The van der Waals surface area contributed by atoms with E-state index in [0.29, 0.717) is 28.3 Å². The molecule has 5 atom stereocenters. The molecule has 1 amide bonds. The highest BCUT2D eigenvalue weighted by Crippen LogP contribution is 2.50. The fraction of sp³-hybridized carbons (Fsp3) is 0.435. The van der Waals surface area contributed by atoms with Crippen LogP contribution in [0.4, 0.5) is 5.13 Å². The predicted molar refractivity (Wildman–Crippen MR) is 113 cm³/mol. The molecule has 1 fully saturated rings. The number of amides is 1. The Kier molecular flexibility index (Phi) is 4.65. The quantitative estimate of drug-likeness (QED) is 0.741. The highest BCUT2D eigenvalue weighted by Gasteiger charge is 2.54. The van der Waals surface area contributed by atoms with Gasteiger partial charge in [0, 0.05) is 11.6 Å². The third-order valence-corrected chi connectivity index (χ3v) is 7.52. The molecule has 7 heteroatoms. The molecule has 30 heavy (non-hydrogen) atoms. The topological polar surface area (TPSA) is 68.7 Å². The number of anilines is 1. The summed E-state index contributed by atoms with van der Waals surface area (Å²) >= 11 is 1.37. The van der Waals surface area contributed by atoms with Crippen molar-refractivity contribution in [1.82, 2.24) is 4.98 Å². The number of ether oxygens (including phenoxy) is 2. The lowest BCUT2D eigenvalue weighted by molar-refractivity contribution is -0.134. The van der Waals surface area contributed by atoms with E-state index in [-0.39, 0.29) is 29.5 Å². The number of carbonyl (C=O) groups excluding carboxylic acids is 2. The van der Waals surface area contributed by atoms with Crippen molar-refractivity contribution in [3.8, 4) is 5.75 Å². The van der Waals surface area contributed by atoms with Gasteiger partial charge in [0.1, 0.15) is 11.9 Å². The Morgan fingerprint density at radius 1 is 1.20 bits per heavy atom. The van der Waals surface area contributed by atoms with Crippen molar-refractivity contribution >= 4 is 28.2 Å². The largest absolute Gasteiger partial charge is 0.497 e. The van der Waals surface area contributed by atoms with Crippen LogP contribution in [0.5, 0.6) is 5.75 Å². The van der Waals surface area contributed by atoms with Gasteiger partial charge in [-0.05, 0) is 42.4 Å². The molecule has 1 aliphatic carbocycles. The number of methoxy groups -OCH3 is 1. The molecule has 0 bridgehead atoms. The van der Waals surface area contributed by atoms with Crippen molar-refractivity contribution in [2.45, 2.75) is 38.8 Å². The molecule has 1 saturated carbocycles. The summed E-state index contributed by atoms with van der Waals surface area (Å²) in [4.78, 5) is 33.2. The Hall–Kier alpha value is -2.67. The molecule has 2 aliphatic heterocycles. The molecule has 0 N–H and O–H groups in total. The number of aromatic nitrogens is 1. The van der Waals surface area contributed by atoms with Crippen LogP contribution in [0.1, 0.15) is 38.3 Å². The molecule has 5 unspecified atom stereocenters. The SMILES string of the molecule is COc1cccc(C2C3=C(OC4CC(C)C(C)CC4C3=O)C(=O)N2c2nccs2)c1. The van der Waals surface area contributed by atoms with Gasteiger partial charge in [0.25, 0.3) is 5.91 Å². The Morgan fingerprint density at radius 3 is 2.73 bits per heavy atom. The minimum Gasteiger partial charge on any atom is -0.497 e. The van der Waals surface area contributed by atoms with Crippen LogP contribution in [0, 0.1) is 17.8 Å². The van der Waals surface area contributed by atoms with Crippen LogP contribution < -0.4 is 9.64 Å². The van der Waals surface area contributed by atoms with E-state index in [1.807, 2.05) is 29.6 Å². The molecule has 1 aromatic heterocycles. The van der Waals surface area contributed by atoms with Crippen LogP contribution in [0.15, 0.2) is 47.2 Å². The molecule has 0 spiro atoms. The molecule has 2 aromatic rings. The minimum atomic E-state index is -0.558. The van der Waals surface area contributed by atoms with Gasteiger partial charge in [0.05, 0.1) is 24.6 Å². The third kappa shape index (κ3) is 2.87. The van der Waals surface area contributed by atoms with Gasteiger partial charge < -0.3 is 9.47 Å². The van der Waals surface area contributed by atoms with Crippen LogP contribution >= 0.6 is 11.3 Å². The van der Waals surface area contributed by atoms with Crippen molar-refractivity contribution in [1.29, 1.82) is 0 Å². The number of rotatable bonds is 3. The zero-order valence-corrected chi connectivity index (χ0v) is 18.0. The maximum Gasteiger partial charge on any atom is 0.296 e. The summed E-state index contributed by atoms with van der Waals surface area (Å²) in [6, 6.07) is 6.96. The molecule has 1 aromatic carbocycles. The first-order valence-corrected chi connectivity index (χ1v) is 11.2. The standard InChI is InChI=1S/C23H24N2O4S/c1-12-9-16-17(10-13(12)2)29-21-18(20(16)26)19(14-5-4-6-15(11-14)28-3)25(22(21)27)23-24-7-8-30-23/h4-8,11-13,16-17,19H,9-10H2,1-3H3. The van der Waals surface area contributed by atoms with Crippen molar-refractivity contribution in [3.63, 3.8) is 0 Å². The number of fused-ring (bicyclic) bond motifs is 1. The zero-order valence-electron chi connectivity index (χ0n) is 17.2. The highest BCUT2D eigenvalue weighted by molar-refractivity contribution is 7.13. The van der Waals surface area contributed by atoms with Gasteiger partial charge in [0.2, 0.25) is 0 Å². The number of benzene rings is 1. The average Bonchev–Trinajstić information content (AvgIpc) is 3.36. The fourth-order valence-corrected chi connectivity index (χ4v) is 5.59. The van der Waals surface area contributed by atoms with E-state index in [9.17, 15) is 9.59 Å². The van der Waals surface area contributed by atoms with Gasteiger partial charge in [-0.25, -0.2) is 4.98 Å². The first-order chi connectivity index (χ1) is 14.5. The van der Waals surface area contributed by atoms with E-state index in [1.165, 1.54) is 11.3 Å². The first kappa shape index (κ1) is 19.3. The van der Waals surface area contributed by atoms with Crippen molar-refractivity contribution < 1.29 is 19.1 Å². The predicted octanol–water partition coefficient (Wildman–Crippen LogP) is 4.14. The van der Waals surface area contributed by atoms with Gasteiger partial charge >= 0.3 is 0 Å². The van der Waals surface area contributed by atoms with Gasteiger partial charge in [0.15, 0.2) is 16.7 Å². The van der Waals surface area contributed by atoms with E-state index in [4.69, 9.17) is 9.47 Å². The van der Waals surface area contributed by atoms with E-state index in [2.05, 4.69) is 18.8 Å². The molecular formula is C23H24N2O4S. The summed E-state index contributed by atoms with van der Waals surface area (Å²) in [5, 5.41) is 2.39. The zero-order chi connectivity index (χ0) is 21.0. The number of carbonyl (C=O) groups is 2. The van der Waals surface area contributed by atoms with Crippen molar-refractivity contribution in [2.24, 2.45) is 17.8 Å². The average molecular weight is 425 g/mol. The van der Waals surface area contributed by atoms with Crippen LogP contribution in [0.3, 0.4) is 0 Å². The van der Waals surface area contributed by atoms with Crippen molar-refractivity contribution in [3.05, 3.63) is 52.7 Å². The summed E-state index contributed by atoms with van der Waals surface area (Å²) in [6.07, 6.45) is 3.02. The van der Waals surface area contributed by atoms with Gasteiger partial charge in [-0.1, -0.05) is 26.0 Å². The van der Waals surface area contributed by atoms with Crippen molar-refractivity contribution in [2.75, 3.05) is 12.0 Å². The molecule has 5 rings (SSSR count). The second kappa shape index (κ2) is 7.23. The van der Waals surface area contributed by atoms with Gasteiger partial charge in [-0.15, -0.1) is 11.3 Å². The maximum absolute atomic E-state index is 13.7. The van der Waals surface area contributed by atoms with E-state index in [0.717, 1.165) is 18.4 Å². The maximum atomic E-state index is 13.7. The molecule has 156 valence electrons. The highest BCUT2D eigenvalue weighted by atomic mass is 32.1. The Morgan fingerprint density at radius 2 is 2.00 bits per heavy atom. The molecular weight excluding hydrogens is 400 g/mol. The van der Waals surface area contributed by atoms with E-state index in [1.54, 1.807) is 18.2 Å².